The molecule has 3 aromatic rings. The second-order valence-corrected chi connectivity index (χ2v) is 7.98. The summed E-state index contributed by atoms with van der Waals surface area (Å²) in [5.74, 6) is 2.26. The van der Waals surface area contributed by atoms with Crippen LogP contribution in [0.2, 0.25) is 0 Å². The molecule has 3 heterocycles. The van der Waals surface area contributed by atoms with Crippen LogP contribution in [0.4, 0.5) is 0 Å². The van der Waals surface area contributed by atoms with Gasteiger partial charge in [-0.25, -0.2) is 0 Å². The Bertz CT molecular complexity index is 990. The number of aromatic nitrogens is 2. The van der Waals surface area contributed by atoms with E-state index >= 15 is 0 Å². The number of carbonyl (C=O) groups excluding carboxylic acids is 1. The van der Waals surface area contributed by atoms with Crippen LogP contribution in [0.3, 0.4) is 0 Å². The maximum Gasteiger partial charge on any atom is 0.276 e. The normalized spacial score (nSPS) is 17.2. The van der Waals surface area contributed by atoms with Gasteiger partial charge in [-0.05, 0) is 37.1 Å². The highest BCUT2D eigenvalue weighted by molar-refractivity contribution is 5.92. The van der Waals surface area contributed by atoms with Crippen molar-refractivity contribution < 1.29 is 18.6 Å². The van der Waals surface area contributed by atoms with E-state index in [-0.39, 0.29) is 17.9 Å². The Morgan fingerprint density at radius 1 is 1.10 bits per heavy atom. The predicted octanol–water partition coefficient (Wildman–Crippen LogP) is 5.22. The minimum atomic E-state index is -0.168. The first kappa shape index (κ1) is 20.2. The summed E-state index contributed by atoms with van der Waals surface area (Å²) >= 11 is 0. The molecule has 0 aliphatic carbocycles. The van der Waals surface area contributed by atoms with Crippen molar-refractivity contribution >= 4 is 5.91 Å². The molecule has 158 valence electrons. The molecule has 1 aliphatic heterocycles. The maximum atomic E-state index is 13.2. The highest BCUT2D eigenvalue weighted by Crippen LogP contribution is 2.34. The van der Waals surface area contributed by atoms with Gasteiger partial charge < -0.3 is 18.7 Å². The predicted molar refractivity (Wildman–Crippen MR) is 111 cm³/mol. The van der Waals surface area contributed by atoms with E-state index in [0.717, 1.165) is 42.7 Å². The Morgan fingerprint density at radius 2 is 1.90 bits per heavy atom. The summed E-state index contributed by atoms with van der Waals surface area (Å²) < 4.78 is 16.3. The summed E-state index contributed by atoms with van der Waals surface area (Å²) in [4.78, 5) is 15.1. The number of nitrogens with zero attached hydrogens (tertiary/aromatic N) is 3. The number of hydrogen-bond acceptors (Lipinski definition) is 6. The number of methoxy groups -OCH3 is 1. The van der Waals surface area contributed by atoms with Gasteiger partial charge in [0, 0.05) is 30.2 Å². The molecule has 0 unspecified atom stereocenters. The van der Waals surface area contributed by atoms with Crippen LogP contribution < -0.4 is 4.74 Å². The van der Waals surface area contributed by atoms with Gasteiger partial charge in [-0.1, -0.05) is 37.0 Å². The summed E-state index contributed by atoms with van der Waals surface area (Å²) in [7, 11) is 1.64. The molecule has 1 saturated heterocycles. The third-order valence-electron chi connectivity index (χ3n) is 5.57. The SMILES string of the molecule is COc1ccc(-c2cc([C@@H]3CCCCCN3C(=O)c3cc(C(C)C)on3)on2)cc1. The minimum Gasteiger partial charge on any atom is -0.497 e. The molecule has 0 spiro atoms. The van der Waals surface area contributed by atoms with Crippen LogP contribution in [0.1, 0.15) is 73.5 Å². The van der Waals surface area contributed by atoms with Gasteiger partial charge in [0.2, 0.25) is 0 Å². The second kappa shape index (κ2) is 8.73. The molecule has 2 aromatic heterocycles. The third-order valence-corrected chi connectivity index (χ3v) is 5.57. The molecule has 1 fully saturated rings. The van der Waals surface area contributed by atoms with Crippen LogP contribution in [-0.4, -0.2) is 34.8 Å². The van der Waals surface area contributed by atoms with Crippen molar-refractivity contribution in [3.05, 3.63) is 53.6 Å². The van der Waals surface area contributed by atoms with Gasteiger partial charge in [0.1, 0.15) is 17.2 Å². The van der Waals surface area contributed by atoms with Gasteiger partial charge in [-0.15, -0.1) is 0 Å². The molecule has 1 atom stereocenters. The zero-order chi connectivity index (χ0) is 21.1. The minimum absolute atomic E-state index is 0.125. The van der Waals surface area contributed by atoms with Gasteiger partial charge in [0.15, 0.2) is 11.5 Å². The van der Waals surface area contributed by atoms with Crippen LogP contribution >= 0.6 is 0 Å². The highest BCUT2D eigenvalue weighted by Gasteiger charge is 2.32. The van der Waals surface area contributed by atoms with Gasteiger partial charge >= 0.3 is 0 Å². The molecular formula is C23H27N3O4. The number of rotatable bonds is 5. The third kappa shape index (κ3) is 4.10. The first-order valence-corrected chi connectivity index (χ1v) is 10.5. The largest absolute Gasteiger partial charge is 0.497 e. The summed E-state index contributed by atoms with van der Waals surface area (Å²) in [6, 6.07) is 11.2. The maximum absolute atomic E-state index is 13.2. The van der Waals surface area contributed by atoms with Gasteiger partial charge in [-0.2, -0.15) is 0 Å². The van der Waals surface area contributed by atoms with Gasteiger partial charge in [0.05, 0.1) is 13.2 Å². The lowest BCUT2D eigenvalue weighted by atomic mass is 10.0. The van der Waals surface area contributed by atoms with Crippen LogP contribution in [-0.2, 0) is 0 Å². The van der Waals surface area contributed by atoms with E-state index in [4.69, 9.17) is 13.8 Å². The van der Waals surface area contributed by atoms with Crippen molar-refractivity contribution in [3.63, 3.8) is 0 Å². The number of carbonyl (C=O) groups is 1. The Labute approximate surface area is 176 Å². The average Bonchev–Trinajstić information content (AvgIpc) is 3.39. The molecule has 7 nitrogen and oxygen atoms in total. The molecule has 4 rings (SSSR count). The molecule has 1 aromatic carbocycles. The fraction of sp³-hybridized carbons (Fsp3) is 0.435. The summed E-state index contributed by atoms with van der Waals surface area (Å²) in [6.07, 6.45) is 3.90. The van der Waals surface area contributed by atoms with E-state index in [0.29, 0.717) is 23.8 Å². The first-order chi connectivity index (χ1) is 14.6. The smallest absolute Gasteiger partial charge is 0.276 e. The van der Waals surface area contributed by atoms with Crippen molar-refractivity contribution in [2.45, 2.75) is 51.5 Å². The van der Waals surface area contributed by atoms with E-state index in [1.807, 2.05) is 49.1 Å². The number of ether oxygens (including phenoxy) is 1. The standard InChI is InChI=1S/C23H27N3O4/c1-15(2)21-14-19(25-29-21)23(27)26-12-6-4-5-7-20(26)22-13-18(24-30-22)16-8-10-17(28-3)11-9-16/h8-11,13-15,20H,4-7,12H2,1-3H3/t20-/m0/s1. The lowest BCUT2D eigenvalue weighted by molar-refractivity contribution is 0.0640. The van der Waals surface area contributed by atoms with Crippen LogP contribution in [0.5, 0.6) is 5.75 Å². The second-order valence-electron chi connectivity index (χ2n) is 7.98. The van der Waals surface area contributed by atoms with E-state index in [9.17, 15) is 4.79 Å². The number of likely N-dealkylation sites (tertiary alicyclic amines) is 1. The quantitative estimate of drug-likeness (QED) is 0.575. The molecule has 0 saturated carbocycles. The zero-order valence-corrected chi connectivity index (χ0v) is 17.6. The van der Waals surface area contributed by atoms with Crippen molar-refractivity contribution in [3.8, 4) is 17.0 Å². The van der Waals surface area contributed by atoms with E-state index in [1.165, 1.54) is 0 Å². The lowest BCUT2D eigenvalue weighted by Crippen LogP contribution is -2.34. The molecule has 0 radical (unpaired) electrons. The Kier molecular flexibility index (Phi) is 5.88. The molecule has 1 amide bonds. The molecular weight excluding hydrogens is 382 g/mol. The lowest BCUT2D eigenvalue weighted by Gasteiger charge is -2.27. The fourth-order valence-electron chi connectivity index (χ4n) is 3.80. The van der Waals surface area contributed by atoms with Crippen molar-refractivity contribution in [1.82, 2.24) is 15.2 Å². The van der Waals surface area contributed by atoms with Gasteiger partial charge in [-0.3, -0.25) is 4.79 Å². The highest BCUT2D eigenvalue weighted by atomic mass is 16.5. The van der Waals surface area contributed by atoms with Crippen molar-refractivity contribution in [1.29, 1.82) is 0 Å². The fourth-order valence-corrected chi connectivity index (χ4v) is 3.80. The Hall–Kier alpha value is -3.09. The van der Waals surface area contributed by atoms with Crippen LogP contribution in [0.15, 0.2) is 45.4 Å². The van der Waals surface area contributed by atoms with E-state index in [1.54, 1.807) is 13.2 Å². The summed E-state index contributed by atoms with van der Waals surface area (Å²) in [5.41, 5.74) is 2.03. The van der Waals surface area contributed by atoms with Crippen molar-refractivity contribution in [2.75, 3.05) is 13.7 Å². The Morgan fingerprint density at radius 3 is 2.60 bits per heavy atom. The first-order valence-electron chi connectivity index (χ1n) is 10.5. The van der Waals surface area contributed by atoms with Crippen LogP contribution in [0.25, 0.3) is 11.3 Å². The zero-order valence-electron chi connectivity index (χ0n) is 17.6. The van der Waals surface area contributed by atoms with Crippen molar-refractivity contribution in [2.24, 2.45) is 0 Å². The van der Waals surface area contributed by atoms with E-state index in [2.05, 4.69) is 10.3 Å². The molecule has 7 heteroatoms. The summed E-state index contributed by atoms with van der Waals surface area (Å²) in [5, 5.41) is 8.27. The summed E-state index contributed by atoms with van der Waals surface area (Å²) in [6.45, 7) is 4.68. The average molecular weight is 409 g/mol. The van der Waals surface area contributed by atoms with Crippen LogP contribution in [0, 0.1) is 0 Å². The number of amides is 1. The van der Waals surface area contributed by atoms with E-state index < -0.39 is 0 Å². The number of hydrogen-bond donors (Lipinski definition) is 0. The Balaban J connectivity index is 1.60. The molecule has 0 bridgehead atoms. The molecule has 0 N–H and O–H groups in total. The topological polar surface area (TPSA) is 81.6 Å². The number of benzene rings is 1. The van der Waals surface area contributed by atoms with Gasteiger partial charge in [0.25, 0.3) is 5.91 Å². The molecule has 30 heavy (non-hydrogen) atoms. The monoisotopic (exact) mass is 409 g/mol. The molecule has 1 aliphatic rings.